The highest BCUT2D eigenvalue weighted by Crippen LogP contribution is 2.17. The largest absolute Gasteiger partial charge is 0.494 e. The monoisotopic (exact) mass is 467 g/mol. The number of amides is 2. The summed E-state index contributed by atoms with van der Waals surface area (Å²) in [6, 6.07) is 14.3. The molecule has 0 radical (unpaired) electrons. The number of nitrogens with one attached hydrogen (secondary N) is 2. The van der Waals surface area contributed by atoms with E-state index in [4.69, 9.17) is 17.0 Å². The minimum Gasteiger partial charge on any atom is -0.494 e. The van der Waals surface area contributed by atoms with Crippen LogP contribution in [0.4, 0.5) is 5.69 Å². The van der Waals surface area contributed by atoms with Crippen LogP contribution >= 0.6 is 12.2 Å². The minimum atomic E-state index is -0.321. The van der Waals surface area contributed by atoms with Gasteiger partial charge in [-0.1, -0.05) is 38.8 Å². The highest BCUT2D eigenvalue weighted by Gasteiger charge is 2.18. The molecule has 2 aromatic carbocycles. The number of carbonyl (C=O) groups excluding carboxylic acids is 2. The fraction of sp³-hybridized carbons (Fsp3) is 0.423. The van der Waals surface area contributed by atoms with Gasteiger partial charge < -0.3 is 15.0 Å². The van der Waals surface area contributed by atoms with Gasteiger partial charge in [0.05, 0.1) is 6.61 Å². The summed E-state index contributed by atoms with van der Waals surface area (Å²) in [7, 11) is 0. The maximum Gasteiger partial charge on any atom is 0.257 e. The van der Waals surface area contributed by atoms with Crippen molar-refractivity contribution in [3.05, 3.63) is 59.7 Å². The zero-order valence-corrected chi connectivity index (χ0v) is 20.2. The van der Waals surface area contributed by atoms with Crippen LogP contribution in [0.25, 0.3) is 0 Å². The van der Waals surface area contributed by atoms with E-state index in [1.54, 1.807) is 24.3 Å². The highest BCUT2D eigenvalue weighted by atomic mass is 32.1. The van der Waals surface area contributed by atoms with Gasteiger partial charge in [-0.25, -0.2) is 0 Å². The van der Waals surface area contributed by atoms with Crippen LogP contribution < -0.4 is 15.4 Å². The van der Waals surface area contributed by atoms with Gasteiger partial charge in [0, 0.05) is 29.9 Å². The van der Waals surface area contributed by atoms with Crippen LogP contribution in [0.5, 0.6) is 5.75 Å². The molecule has 2 N–H and O–H groups in total. The molecule has 0 atom stereocenters. The third-order valence-electron chi connectivity index (χ3n) is 5.55. The molecule has 0 bridgehead atoms. The SMILES string of the molecule is CC(C)CCOc1cccc(C(=O)NC(=S)Nc2cccc(C(=O)N3CCCCCC3)c2)c1. The maximum atomic E-state index is 12.9. The Morgan fingerprint density at radius 1 is 1.00 bits per heavy atom. The topological polar surface area (TPSA) is 70.7 Å². The van der Waals surface area contributed by atoms with Crippen molar-refractivity contribution in [3.8, 4) is 5.75 Å². The van der Waals surface area contributed by atoms with Crippen molar-refractivity contribution < 1.29 is 14.3 Å². The predicted octanol–water partition coefficient (Wildman–Crippen LogP) is 5.25. The molecule has 1 heterocycles. The second kappa shape index (κ2) is 12.3. The van der Waals surface area contributed by atoms with Gasteiger partial charge in [-0.15, -0.1) is 0 Å². The third kappa shape index (κ3) is 7.86. The molecular formula is C26H33N3O3S. The van der Waals surface area contributed by atoms with E-state index < -0.39 is 0 Å². The average molecular weight is 468 g/mol. The second-order valence-electron chi connectivity index (χ2n) is 8.75. The van der Waals surface area contributed by atoms with E-state index in [9.17, 15) is 9.59 Å². The van der Waals surface area contributed by atoms with Crippen molar-refractivity contribution in [2.75, 3.05) is 25.0 Å². The fourth-order valence-corrected chi connectivity index (χ4v) is 3.87. The molecule has 0 unspecified atom stereocenters. The molecule has 0 spiro atoms. The Morgan fingerprint density at radius 3 is 2.42 bits per heavy atom. The lowest BCUT2D eigenvalue weighted by molar-refractivity contribution is 0.0761. The Bertz CT molecular complexity index is 969. The quantitative estimate of drug-likeness (QED) is 0.544. The Labute approximate surface area is 201 Å². The van der Waals surface area contributed by atoms with Gasteiger partial charge in [0.15, 0.2) is 5.11 Å². The summed E-state index contributed by atoms with van der Waals surface area (Å²) < 4.78 is 5.74. The molecule has 7 heteroatoms. The van der Waals surface area contributed by atoms with Gasteiger partial charge in [0.25, 0.3) is 11.8 Å². The fourth-order valence-electron chi connectivity index (χ4n) is 3.66. The van der Waals surface area contributed by atoms with Crippen molar-refractivity contribution in [3.63, 3.8) is 0 Å². The van der Waals surface area contributed by atoms with Crippen molar-refractivity contribution >= 4 is 34.8 Å². The Morgan fingerprint density at radius 2 is 1.70 bits per heavy atom. The molecule has 0 saturated carbocycles. The lowest BCUT2D eigenvalue weighted by atomic mass is 10.1. The second-order valence-corrected chi connectivity index (χ2v) is 9.16. The van der Waals surface area contributed by atoms with E-state index in [0.29, 0.717) is 35.1 Å². The molecule has 6 nitrogen and oxygen atoms in total. The van der Waals surface area contributed by atoms with Gasteiger partial charge in [-0.05, 0) is 73.8 Å². The number of nitrogens with zero attached hydrogens (tertiary/aromatic N) is 1. The van der Waals surface area contributed by atoms with Crippen molar-refractivity contribution in [2.45, 2.75) is 46.0 Å². The predicted molar refractivity (Wildman–Crippen MR) is 136 cm³/mol. The Hall–Kier alpha value is -2.93. The van der Waals surface area contributed by atoms with Crippen LogP contribution in [0.15, 0.2) is 48.5 Å². The normalized spacial score (nSPS) is 13.8. The summed E-state index contributed by atoms with van der Waals surface area (Å²) in [6.45, 7) is 6.48. The van der Waals surface area contributed by atoms with Crippen molar-refractivity contribution in [1.82, 2.24) is 10.2 Å². The van der Waals surface area contributed by atoms with Crippen molar-refractivity contribution in [1.29, 1.82) is 0 Å². The molecule has 0 aromatic heterocycles. The summed E-state index contributed by atoms with van der Waals surface area (Å²) in [5, 5.41) is 5.88. The Balaban J connectivity index is 1.56. The summed E-state index contributed by atoms with van der Waals surface area (Å²) in [5.74, 6) is 0.920. The number of benzene rings is 2. The summed E-state index contributed by atoms with van der Waals surface area (Å²) in [6.07, 6.45) is 5.38. The molecule has 176 valence electrons. The molecule has 1 aliphatic rings. The van der Waals surface area contributed by atoms with Crippen molar-refractivity contribution in [2.24, 2.45) is 5.92 Å². The van der Waals surface area contributed by atoms with E-state index in [1.165, 1.54) is 12.8 Å². The molecular weight excluding hydrogens is 434 g/mol. The van der Waals surface area contributed by atoms with Gasteiger partial charge in [-0.3, -0.25) is 14.9 Å². The number of likely N-dealkylation sites (tertiary alicyclic amines) is 1. The zero-order chi connectivity index (χ0) is 23.6. The summed E-state index contributed by atoms with van der Waals surface area (Å²) in [4.78, 5) is 27.4. The first-order valence-corrected chi connectivity index (χ1v) is 12.1. The van der Waals surface area contributed by atoms with E-state index >= 15 is 0 Å². The number of hydrogen-bond acceptors (Lipinski definition) is 4. The smallest absolute Gasteiger partial charge is 0.257 e. The van der Waals surface area contributed by atoms with E-state index in [-0.39, 0.29) is 16.9 Å². The lowest BCUT2D eigenvalue weighted by Crippen LogP contribution is -2.34. The van der Waals surface area contributed by atoms with Crippen LogP contribution in [0, 0.1) is 5.92 Å². The number of ether oxygens (including phenoxy) is 1. The molecule has 1 saturated heterocycles. The standard InChI is InChI=1S/C26H33N3O3S/c1-19(2)13-16-32-23-12-8-9-20(18-23)24(30)28-26(33)27-22-11-7-10-21(17-22)25(31)29-14-5-3-4-6-15-29/h7-12,17-19H,3-6,13-16H2,1-2H3,(H2,27,28,30,33). The van der Waals surface area contributed by atoms with Gasteiger partial charge in [-0.2, -0.15) is 0 Å². The summed E-state index contributed by atoms with van der Waals surface area (Å²) >= 11 is 5.33. The molecule has 1 aliphatic heterocycles. The molecule has 3 rings (SSSR count). The van der Waals surface area contributed by atoms with Crippen LogP contribution in [-0.4, -0.2) is 41.5 Å². The molecule has 2 aromatic rings. The number of thiocarbonyl (C=S) groups is 1. The van der Waals surface area contributed by atoms with Crippen LogP contribution in [-0.2, 0) is 0 Å². The van der Waals surface area contributed by atoms with Crippen LogP contribution in [0.1, 0.15) is 66.7 Å². The zero-order valence-electron chi connectivity index (χ0n) is 19.4. The number of carbonyl (C=O) groups is 2. The van der Waals surface area contributed by atoms with Gasteiger partial charge >= 0.3 is 0 Å². The van der Waals surface area contributed by atoms with E-state index in [0.717, 1.165) is 32.4 Å². The Kier molecular flexibility index (Phi) is 9.24. The van der Waals surface area contributed by atoms with E-state index in [1.807, 2.05) is 29.2 Å². The lowest BCUT2D eigenvalue weighted by Gasteiger charge is -2.20. The third-order valence-corrected chi connectivity index (χ3v) is 5.75. The summed E-state index contributed by atoms with van der Waals surface area (Å²) in [5.41, 5.74) is 1.74. The maximum absolute atomic E-state index is 12.9. The first-order valence-electron chi connectivity index (χ1n) is 11.7. The van der Waals surface area contributed by atoms with Gasteiger partial charge in [0.1, 0.15) is 5.75 Å². The van der Waals surface area contributed by atoms with E-state index in [2.05, 4.69) is 24.5 Å². The first-order chi connectivity index (χ1) is 15.9. The first kappa shape index (κ1) is 24.7. The molecule has 0 aliphatic carbocycles. The molecule has 2 amide bonds. The average Bonchev–Trinajstić information content (AvgIpc) is 3.08. The number of hydrogen-bond donors (Lipinski definition) is 2. The van der Waals surface area contributed by atoms with Gasteiger partial charge in [0.2, 0.25) is 0 Å². The highest BCUT2D eigenvalue weighted by molar-refractivity contribution is 7.80. The molecule has 33 heavy (non-hydrogen) atoms. The molecule has 1 fully saturated rings. The number of rotatable bonds is 7. The van der Waals surface area contributed by atoms with Crippen LogP contribution in [0.3, 0.4) is 0 Å². The minimum absolute atomic E-state index is 0.0322. The number of anilines is 1. The van der Waals surface area contributed by atoms with Crippen LogP contribution in [0.2, 0.25) is 0 Å².